The summed E-state index contributed by atoms with van der Waals surface area (Å²) < 4.78 is 31.1. The summed E-state index contributed by atoms with van der Waals surface area (Å²) in [5, 5.41) is 12.5. The van der Waals surface area contributed by atoms with Crippen molar-refractivity contribution in [3.63, 3.8) is 0 Å². The molecule has 5 aliphatic rings. The van der Waals surface area contributed by atoms with E-state index in [9.17, 15) is 19.5 Å². The number of fused-ring (bicyclic) bond motifs is 2. The number of alkyl halides is 2. The zero-order chi connectivity index (χ0) is 38.6. The third-order valence-electron chi connectivity index (χ3n) is 12.9. The van der Waals surface area contributed by atoms with Gasteiger partial charge in [-0.1, -0.05) is 48.5 Å². The SMILES string of the molecule is O=C1CCC(N2Cc3cc(N4CCN(CC5CCN(c6ccc([C@H]7c8ccc(O)cc8C(F)(F)C[C@H]7c7ccccc7)cc6)CC5)CC4)ccc3C2=O)C(=O)N1. The molecule has 1 unspecified atom stereocenters. The van der Waals surface area contributed by atoms with Crippen LogP contribution >= 0.6 is 0 Å². The molecule has 9 rings (SSSR count). The molecule has 3 fully saturated rings. The minimum atomic E-state index is -3.04. The molecule has 4 aliphatic heterocycles. The minimum Gasteiger partial charge on any atom is -0.508 e. The van der Waals surface area contributed by atoms with Crippen molar-refractivity contribution in [2.75, 3.05) is 55.6 Å². The monoisotopic (exact) mass is 759 g/mol. The average Bonchev–Trinajstić information content (AvgIpc) is 3.53. The summed E-state index contributed by atoms with van der Waals surface area (Å²) in [6.45, 7) is 7.15. The van der Waals surface area contributed by atoms with Crippen LogP contribution in [0.1, 0.15) is 82.1 Å². The number of imide groups is 1. The smallest absolute Gasteiger partial charge is 0.274 e. The van der Waals surface area contributed by atoms with Crippen molar-refractivity contribution < 1.29 is 28.3 Å². The van der Waals surface area contributed by atoms with Crippen molar-refractivity contribution in [3.8, 4) is 5.75 Å². The fourth-order valence-electron chi connectivity index (χ4n) is 9.85. The number of hydrogen-bond donors (Lipinski definition) is 2. The maximum atomic E-state index is 15.6. The van der Waals surface area contributed by atoms with Gasteiger partial charge in [0.05, 0.1) is 0 Å². The predicted octanol–water partition coefficient (Wildman–Crippen LogP) is 6.60. The van der Waals surface area contributed by atoms with Crippen LogP contribution in [0.3, 0.4) is 0 Å². The highest BCUT2D eigenvalue weighted by Gasteiger charge is 2.47. The Bertz CT molecular complexity index is 2130. The van der Waals surface area contributed by atoms with E-state index < -0.39 is 17.9 Å². The number of halogens is 2. The average molecular weight is 760 g/mol. The van der Waals surface area contributed by atoms with Gasteiger partial charge in [0, 0.05) is 99.5 Å². The van der Waals surface area contributed by atoms with E-state index in [1.54, 1.807) is 11.0 Å². The van der Waals surface area contributed by atoms with E-state index >= 15 is 8.78 Å². The predicted molar refractivity (Wildman–Crippen MR) is 210 cm³/mol. The van der Waals surface area contributed by atoms with Gasteiger partial charge >= 0.3 is 0 Å². The van der Waals surface area contributed by atoms with E-state index in [0.717, 1.165) is 86.7 Å². The maximum absolute atomic E-state index is 15.6. The van der Waals surface area contributed by atoms with Crippen molar-refractivity contribution in [3.05, 3.63) is 124 Å². The van der Waals surface area contributed by atoms with Gasteiger partial charge in [-0.15, -0.1) is 0 Å². The van der Waals surface area contributed by atoms with Gasteiger partial charge < -0.3 is 19.8 Å². The summed E-state index contributed by atoms with van der Waals surface area (Å²) in [6.07, 6.45) is 2.50. The maximum Gasteiger partial charge on any atom is 0.274 e. The lowest BCUT2D eigenvalue weighted by atomic mass is 9.68. The standard InChI is InChI=1S/C45H47F2N5O4/c46-45(47)26-38(30-4-2-1-3-5-30)42(37-13-11-35(53)25-39(37)45)31-6-8-33(9-7-31)50-18-16-29(17-19-50)27-49-20-22-51(23-21-49)34-10-12-36-32(24-34)28-52(44(36)56)40-14-15-41(54)48-43(40)55/h1-13,24-25,29,38,40,42,53H,14-23,26-28H2,(H,48,54,55)/t38-,40?,42-/m0/s1. The number of carbonyl (C=O) groups is 3. The summed E-state index contributed by atoms with van der Waals surface area (Å²) in [6, 6.07) is 27.9. The van der Waals surface area contributed by atoms with Crippen LogP contribution in [0.2, 0.25) is 0 Å². The summed E-state index contributed by atoms with van der Waals surface area (Å²) >= 11 is 0. The van der Waals surface area contributed by atoms with E-state index in [-0.39, 0.29) is 47.8 Å². The number of piperazine rings is 1. The third-order valence-corrected chi connectivity index (χ3v) is 12.9. The van der Waals surface area contributed by atoms with Crippen LogP contribution in [0.4, 0.5) is 20.2 Å². The lowest BCUT2D eigenvalue weighted by Crippen LogP contribution is -2.52. The van der Waals surface area contributed by atoms with Gasteiger partial charge in [-0.2, -0.15) is 0 Å². The normalized spacial score (nSPS) is 24.2. The van der Waals surface area contributed by atoms with E-state index in [1.165, 1.54) is 12.1 Å². The second-order valence-corrected chi connectivity index (χ2v) is 16.2. The van der Waals surface area contributed by atoms with Crippen LogP contribution in [-0.2, 0) is 22.1 Å². The lowest BCUT2D eigenvalue weighted by molar-refractivity contribution is -0.136. The molecule has 0 spiro atoms. The first-order valence-electron chi connectivity index (χ1n) is 20.0. The van der Waals surface area contributed by atoms with Crippen molar-refractivity contribution in [1.29, 1.82) is 0 Å². The topological polar surface area (TPSA) is 96.4 Å². The zero-order valence-electron chi connectivity index (χ0n) is 31.4. The molecule has 3 amide bonds. The highest BCUT2D eigenvalue weighted by atomic mass is 19.3. The molecule has 9 nitrogen and oxygen atoms in total. The molecule has 11 heteroatoms. The number of nitrogens with one attached hydrogen (secondary N) is 1. The Morgan fingerprint density at radius 1 is 0.750 bits per heavy atom. The molecule has 290 valence electrons. The van der Waals surface area contributed by atoms with Crippen molar-refractivity contribution in [2.24, 2.45) is 5.92 Å². The highest BCUT2D eigenvalue weighted by molar-refractivity contribution is 6.05. The second-order valence-electron chi connectivity index (χ2n) is 16.2. The van der Waals surface area contributed by atoms with Gasteiger partial charge in [-0.05, 0) is 89.9 Å². The van der Waals surface area contributed by atoms with Crippen LogP contribution in [0, 0.1) is 5.92 Å². The van der Waals surface area contributed by atoms with Crippen molar-refractivity contribution in [1.82, 2.24) is 15.1 Å². The van der Waals surface area contributed by atoms with Gasteiger partial charge in [0.25, 0.3) is 11.8 Å². The Morgan fingerprint density at radius 3 is 2.20 bits per heavy atom. The summed E-state index contributed by atoms with van der Waals surface area (Å²) in [5.74, 6) is -4.04. The number of nitrogens with zero attached hydrogens (tertiary/aromatic N) is 4. The molecule has 4 heterocycles. The van der Waals surface area contributed by atoms with Gasteiger partial charge in [-0.3, -0.25) is 24.6 Å². The van der Waals surface area contributed by atoms with E-state index in [4.69, 9.17) is 0 Å². The Hall–Kier alpha value is -5.29. The number of aromatic hydroxyl groups is 1. The molecule has 1 aliphatic carbocycles. The molecule has 56 heavy (non-hydrogen) atoms. The number of hydrogen-bond acceptors (Lipinski definition) is 7. The van der Waals surface area contributed by atoms with Gasteiger partial charge in [0.2, 0.25) is 11.8 Å². The van der Waals surface area contributed by atoms with Crippen LogP contribution < -0.4 is 15.1 Å². The second kappa shape index (κ2) is 14.7. The zero-order valence-corrected chi connectivity index (χ0v) is 31.4. The molecule has 0 radical (unpaired) electrons. The number of benzene rings is 4. The molecule has 4 aromatic carbocycles. The largest absolute Gasteiger partial charge is 0.508 e. The number of rotatable bonds is 7. The molecule has 3 saturated heterocycles. The van der Waals surface area contributed by atoms with Crippen molar-refractivity contribution >= 4 is 29.1 Å². The Kier molecular flexibility index (Phi) is 9.51. The van der Waals surface area contributed by atoms with E-state index in [2.05, 4.69) is 50.3 Å². The van der Waals surface area contributed by atoms with Crippen LogP contribution in [0.25, 0.3) is 0 Å². The van der Waals surface area contributed by atoms with Crippen LogP contribution in [0.5, 0.6) is 5.75 Å². The molecule has 0 aromatic heterocycles. The van der Waals surface area contributed by atoms with Crippen LogP contribution in [-0.4, -0.2) is 84.5 Å². The van der Waals surface area contributed by atoms with Gasteiger partial charge in [0.1, 0.15) is 11.8 Å². The number of amides is 3. The number of phenols is 1. The third kappa shape index (κ3) is 6.91. The summed E-state index contributed by atoms with van der Waals surface area (Å²) in [4.78, 5) is 46.2. The first-order chi connectivity index (χ1) is 27.1. The van der Waals surface area contributed by atoms with E-state index in [1.807, 2.05) is 42.5 Å². The molecule has 2 N–H and O–H groups in total. The molecular weight excluding hydrogens is 713 g/mol. The lowest BCUT2D eigenvalue weighted by Gasteiger charge is -2.40. The Morgan fingerprint density at radius 2 is 1.46 bits per heavy atom. The van der Waals surface area contributed by atoms with E-state index in [0.29, 0.717) is 30.0 Å². The molecule has 3 atom stereocenters. The molecule has 4 aromatic rings. The van der Waals surface area contributed by atoms with Crippen LogP contribution in [0.15, 0.2) is 91.0 Å². The first kappa shape index (κ1) is 36.4. The number of piperidine rings is 2. The number of anilines is 2. The summed E-state index contributed by atoms with van der Waals surface area (Å²) in [7, 11) is 0. The van der Waals surface area contributed by atoms with Gasteiger partial charge in [-0.25, -0.2) is 8.78 Å². The molecular formula is C45H47F2N5O4. The molecule has 0 bridgehead atoms. The minimum absolute atomic E-state index is 0.0803. The highest BCUT2D eigenvalue weighted by Crippen LogP contribution is 2.55. The Labute approximate surface area is 325 Å². The first-order valence-corrected chi connectivity index (χ1v) is 20.0. The van der Waals surface area contributed by atoms with Crippen molar-refractivity contribution in [2.45, 2.75) is 62.4 Å². The fourth-order valence-corrected chi connectivity index (χ4v) is 9.85. The summed E-state index contributed by atoms with van der Waals surface area (Å²) in [5.41, 5.74) is 6.21. The number of phenolic OH excluding ortho intramolecular Hbond substituents is 1. The number of carbonyl (C=O) groups excluding carboxylic acids is 3. The quantitative estimate of drug-likeness (QED) is 0.205. The van der Waals surface area contributed by atoms with Gasteiger partial charge in [0.15, 0.2) is 0 Å². The Balaban J connectivity index is 0.793. The fraction of sp³-hybridized carbons (Fsp3) is 0.400. The molecule has 0 saturated carbocycles.